The monoisotopic (exact) mass is 314 g/mol. The number of aromatic nitrogens is 1. The third kappa shape index (κ3) is 3.38. The molecule has 0 aromatic carbocycles. The van der Waals surface area contributed by atoms with Crippen molar-refractivity contribution in [2.24, 2.45) is 0 Å². The highest BCUT2D eigenvalue weighted by atomic mass is 79.9. The average Bonchev–Trinajstić information content (AvgIpc) is 2.33. The zero-order valence-corrected chi connectivity index (χ0v) is 12.8. The Bertz CT molecular complexity index is 384. The van der Waals surface area contributed by atoms with Crippen LogP contribution in [0.25, 0.3) is 0 Å². The standard InChI is InChI=1S/C13H19BrN2S/c1-9-7-10(14)13(15-8-9)16-11-5-3-4-6-12(11)17-2/h7-8,11-12H,3-6H2,1-2H3,(H,15,16). The van der Waals surface area contributed by atoms with Crippen molar-refractivity contribution in [2.45, 2.75) is 43.9 Å². The Labute approximate surface area is 116 Å². The lowest BCUT2D eigenvalue weighted by atomic mass is 9.95. The van der Waals surface area contributed by atoms with E-state index in [1.54, 1.807) is 0 Å². The fourth-order valence-corrected chi connectivity index (χ4v) is 3.87. The van der Waals surface area contributed by atoms with Crippen LogP contribution in [0.1, 0.15) is 31.2 Å². The normalized spacial score (nSPS) is 24.6. The fraction of sp³-hybridized carbons (Fsp3) is 0.615. The molecule has 1 aromatic heterocycles. The molecule has 4 heteroatoms. The molecule has 17 heavy (non-hydrogen) atoms. The molecule has 2 unspecified atom stereocenters. The van der Waals surface area contributed by atoms with E-state index >= 15 is 0 Å². The summed E-state index contributed by atoms with van der Waals surface area (Å²) in [5.41, 5.74) is 1.19. The van der Waals surface area contributed by atoms with Crippen LogP contribution in [0.5, 0.6) is 0 Å². The van der Waals surface area contributed by atoms with Gasteiger partial charge >= 0.3 is 0 Å². The molecule has 1 N–H and O–H groups in total. The van der Waals surface area contributed by atoms with Crippen LogP contribution in [0, 0.1) is 6.92 Å². The van der Waals surface area contributed by atoms with E-state index in [1.165, 1.54) is 31.2 Å². The van der Waals surface area contributed by atoms with Crippen LogP contribution < -0.4 is 5.32 Å². The summed E-state index contributed by atoms with van der Waals surface area (Å²) in [6.45, 7) is 2.06. The summed E-state index contributed by atoms with van der Waals surface area (Å²) in [5.74, 6) is 0.988. The first-order valence-electron chi connectivity index (χ1n) is 6.12. The Kier molecular flexibility index (Phi) is 4.74. The smallest absolute Gasteiger partial charge is 0.140 e. The first kappa shape index (κ1) is 13.2. The molecular weight excluding hydrogens is 296 g/mol. The molecular formula is C13H19BrN2S. The van der Waals surface area contributed by atoms with Gasteiger partial charge in [-0.1, -0.05) is 12.8 Å². The van der Waals surface area contributed by atoms with Crippen molar-refractivity contribution >= 4 is 33.5 Å². The van der Waals surface area contributed by atoms with Crippen LogP contribution in [0.3, 0.4) is 0 Å². The molecule has 1 aliphatic carbocycles. The third-order valence-electron chi connectivity index (χ3n) is 3.31. The Hall–Kier alpha value is -0.220. The summed E-state index contributed by atoms with van der Waals surface area (Å²) in [6.07, 6.45) is 9.41. The van der Waals surface area contributed by atoms with E-state index in [0.29, 0.717) is 6.04 Å². The van der Waals surface area contributed by atoms with Crippen molar-refractivity contribution in [3.8, 4) is 0 Å². The number of nitrogens with zero attached hydrogens (tertiary/aromatic N) is 1. The molecule has 0 bridgehead atoms. The van der Waals surface area contributed by atoms with Gasteiger partial charge in [0.25, 0.3) is 0 Å². The third-order valence-corrected chi connectivity index (χ3v) is 5.08. The predicted octanol–water partition coefficient (Wildman–Crippen LogP) is 4.24. The first-order valence-corrected chi connectivity index (χ1v) is 8.20. The number of thioether (sulfide) groups is 1. The molecule has 0 amide bonds. The van der Waals surface area contributed by atoms with Gasteiger partial charge in [-0.15, -0.1) is 0 Å². The van der Waals surface area contributed by atoms with E-state index in [0.717, 1.165) is 15.5 Å². The van der Waals surface area contributed by atoms with Gasteiger partial charge in [0.15, 0.2) is 0 Å². The van der Waals surface area contributed by atoms with Crippen LogP contribution in [-0.2, 0) is 0 Å². The van der Waals surface area contributed by atoms with E-state index in [9.17, 15) is 0 Å². The van der Waals surface area contributed by atoms with Gasteiger partial charge in [0.05, 0.1) is 4.47 Å². The molecule has 1 fully saturated rings. The molecule has 2 nitrogen and oxygen atoms in total. The lowest BCUT2D eigenvalue weighted by Crippen LogP contribution is -2.34. The van der Waals surface area contributed by atoms with E-state index in [2.05, 4.69) is 45.5 Å². The number of hydrogen-bond donors (Lipinski definition) is 1. The van der Waals surface area contributed by atoms with Gasteiger partial charge in [-0.3, -0.25) is 0 Å². The summed E-state index contributed by atoms with van der Waals surface area (Å²) in [7, 11) is 0. The minimum Gasteiger partial charge on any atom is -0.365 e. The van der Waals surface area contributed by atoms with Gasteiger partial charge in [0, 0.05) is 17.5 Å². The molecule has 1 aromatic rings. The van der Waals surface area contributed by atoms with Crippen molar-refractivity contribution in [1.82, 2.24) is 4.98 Å². The SMILES string of the molecule is CSC1CCCCC1Nc1ncc(C)cc1Br. The Balaban J connectivity index is 2.08. The van der Waals surface area contributed by atoms with E-state index in [-0.39, 0.29) is 0 Å². The molecule has 1 aliphatic rings. The number of halogens is 1. The molecule has 94 valence electrons. The molecule has 1 heterocycles. The van der Waals surface area contributed by atoms with Gasteiger partial charge in [0.2, 0.25) is 0 Å². The highest BCUT2D eigenvalue weighted by molar-refractivity contribution is 9.10. The van der Waals surface area contributed by atoms with Gasteiger partial charge in [-0.25, -0.2) is 4.98 Å². The zero-order chi connectivity index (χ0) is 12.3. The molecule has 2 rings (SSSR count). The van der Waals surface area contributed by atoms with Gasteiger partial charge in [0.1, 0.15) is 5.82 Å². The minimum atomic E-state index is 0.560. The molecule has 0 spiro atoms. The van der Waals surface area contributed by atoms with Gasteiger partial charge in [-0.05, 0) is 53.6 Å². The number of aryl methyl sites for hydroxylation is 1. The number of pyridine rings is 1. The number of nitrogens with one attached hydrogen (secondary N) is 1. The van der Waals surface area contributed by atoms with Crippen molar-refractivity contribution in [1.29, 1.82) is 0 Å². The van der Waals surface area contributed by atoms with Gasteiger partial charge < -0.3 is 5.32 Å². The summed E-state index contributed by atoms with van der Waals surface area (Å²) >= 11 is 5.56. The Morgan fingerprint density at radius 3 is 2.88 bits per heavy atom. The second-order valence-electron chi connectivity index (χ2n) is 4.65. The maximum Gasteiger partial charge on any atom is 0.140 e. The second-order valence-corrected chi connectivity index (χ2v) is 6.58. The molecule has 0 saturated heterocycles. The fourth-order valence-electron chi connectivity index (χ4n) is 2.36. The topological polar surface area (TPSA) is 24.9 Å². The highest BCUT2D eigenvalue weighted by Gasteiger charge is 2.24. The zero-order valence-electron chi connectivity index (χ0n) is 10.4. The maximum absolute atomic E-state index is 4.47. The summed E-state index contributed by atoms with van der Waals surface area (Å²) in [5, 5.41) is 4.32. The van der Waals surface area contributed by atoms with Crippen molar-refractivity contribution in [2.75, 3.05) is 11.6 Å². The molecule has 0 radical (unpaired) electrons. The van der Waals surface area contributed by atoms with Crippen molar-refractivity contribution in [3.05, 3.63) is 22.3 Å². The molecule has 1 saturated carbocycles. The van der Waals surface area contributed by atoms with Gasteiger partial charge in [-0.2, -0.15) is 11.8 Å². The molecule has 2 atom stereocenters. The lowest BCUT2D eigenvalue weighted by Gasteiger charge is -2.31. The second kappa shape index (κ2) is 6.10. The summed E-state index contributed by atoms with van der Waals surface area (Å²) in [4.78, 5) is 4.47. The Morgan fingerprint density at radius 2 is 2.18 bits per heavy atom. The van der Waals surface area contributed by atoms with Crippen LogP contribution in [0.2, 0.25) is 0 Å². The maximum atomic E-state index is 4.47. The van der Waals surface area contributed by atoms with E-state index in [1.807, 2.05) is 18.0 Å². The van der Waals surface area contributed by atoms with Crippen LogP contribution in [0.4, 0.5) is 5.82 Å². The number of anilines is 1. The van der Waals surface area contributed by atoms with E-state index < -0.39 is 0 Å². The van der Waals surface area contributed by atoms with Crippen LogP contribution >= 0.6 is 27.7 Å². The molecule has 0 aliphatic heterocycles. The predicted molar refractivity (Wildman–Crippen MR) is 79.9 cm³/mol. The first-order chi connectivity index (χ1) is 8.20. The number of rotatable bonds is 3. The average molecular weight is 315 g/mol. The Morgan fingerprint density at radius 1 is 1.41 bits per heavy atom. The van der Waals surface area contributed by atoms with E-state index in [4.69, 9.17) is 0 Å². The largest absolute Gasteiger partial charge is 0.365 e. The van der Waals surface area contributed by atoms with Crippen molar-refractivity contribution < 1.29 is 0 Å². The van der Waals surface area contributed by atoms with Crippen molar-refractivity contribution in [3.63, 3.8) is 0 Å². The minimum absolute atomic E-state index is 0.560. The van der Waals surface area contributed by atoms with Crippen LogP contribution in [-0.4, -0.2) is 22.5 Å². The lowest BCUT2D eigenvalue weighted by molar-refractivity contribution is 0.474. The highest BCUT2D eigenvalue weighted by Crippen LogP contribution is 2.31. The van der Waals surface area contributed by atoms with Crippen LogP contribution in [0.15, 0.2) is 16.7 Å². The number of hydrogen-bond acceptors (Lipinski definition) is 3. The summed E-state index contributed by atoms with van der Waals surface area (Å²) in [6, 6.07) is 2.68. The quantitative estimate of drug-likeness (QED) is 0.903. The summed E-state index contributed by atoms with van der Waals surface area (Å²) < 4.78 is 1.07.